The molecule has 1 saturated carbocycles. The molecule has 2 atom stereocenters. The third-order valence-corrected chi connectivity index (χ3v) is 5.38. The van der Waals surface area contributed by atoms with Crippen LogP contribution in [0, 0.1) is 12.3 Å². The van der Waals surface area contributed by atoms with Crippen LogP contribution >= 0.6 is 0 Å². The number of nitrogens with two attached hydrogens (primary N) is 1. The highest BCUT2D eigenvalue weighted by atomic mass is 16.5. The van der Waals surface area contributed by atoms with E-state index >= 15 is 0 Å². The van der Waals surface area contributed by atoms with Gasteiger partial charge >= 0.3 is 0 Å². The van der Waals surface area contributed by atoms with Gasteiger partial charge in [-0.1, -0.05) is 46.8 Å². The maximum absolute atomic E-state index is 6.48. The van der Waals surface area contributed by atoms with Crippen LogP contribution in [-0.2, 0) is 5.41 Å². The molecule has 2 nitrogen and oxygen atoms in total. The Balaban J connectivity index is 2.30. The highest BCUT2D eigenvalue weighted by Crippen LogP contribution is 2.48. The van der Waals surface area contributed by atoms with Crippen molar-refractivity contribution in [2.75, 3.05) is 0 Å². The summed E-state index contributed by atoms with van der Waals surface area (Å²) in [5.41, 5.74) is 9.08. The Morgan fingerprint density at radius 2 is 1.86 bits per heavy atom. The Bertz CT molecular complexity index is 497. The van der Waals surface area contributed by atoms with E-state index in [0.717, 1.165) is 25.0 Å². The van der Waals surface area contributed by atoms with E-state index < -0.39 is 0 Å². The minimum Gasteiger partial charge on any atom is -0.489 e. The maximum atomic E-state index is 6.48. The van der Waals surface area contributed by atoms with Crippen molar-refractivity contribution in [3.8, 4) is 5.75 Å². The highest BCUT2D eigenvalue weighted by molar-refractivity contribution is 5.41. The lowest BCUT2D eigenvalue weighted by Gasteiger charge is -2.53. The molecule has 2 rings (SSSR count). The molecule has 2 heteroatoms. The topological polar surface area (TPSA) is 35.2 Å². The number of rotatable bonds is 4. The summed E-state index contributed by atoms with van der Waals surface area (Å²) in [6.07, 6.45) is 3.41. The van der Waals surface area contributed by atoms with Crippen LogP contribution in [0.3, 0.4) is 0 Å². The summed E-state index contributed by atoms with van der Waals surface area (Å²) in [6, 6.07) is 6.84. The number of ether oxygens (including phenoxy) is 1. The van der Waals surface area contributed by atoms with E-state index in [9.17, 15) is 0 Å². The molecule has 0 saturated heterocycles. The normalized spacial score (nSPS) is 24.5. The van der Waals surface area contributed by atoms with E-state index in [0.29, 0.717) is 0 Å². The minimum absolute atomic E-state index is 0.0932. The van der Waals surface area contributed by atoms with Gasteiger partial charge in [-0.15, -0.1) is 0 Å². The molecule has 0 spiro atoms. The Morgan fingerprint density at radius 1 is 1.24 bits per heavy atom. The molecule has 0 radical (unpaired) electrons. The fraction of sp³-hybridized carbons (Fsp3) is 0.684. The average Bonchev–Trinajstić information content (AvgIpc) is 2.38. The molecule has 0 bridgehead atoms. The summed E-state index contributed by atoms with van der Waals surface area (Å²) in [4.78, 5) is 0. The first kappa shape index (κ1) is 16.4. The zero-order chi connectivity index (χ0) is 15.8. The van der Waals surface area contributed by atoms with Gasteiger partial charge in [-0.25, -0.2) is 0 Å². The summed E-state index contributed by atoms with van der Waals surface area (Å²) in [7, 11) is 0. The molecule has 21 heavy (non-hydrogen) atoms. The van der Waals surface area contributed by atoms with Crippen LogP contribution in [-0.4, -0.2) is 12.1 Å². The van der Waals surface area contributed by atoms with Gasteiger partial charge in [0.25, 0.3) is 0 Å². The second kappa shape index (κ2) is 5.64. The predicted octanol–water partition coefficient (Wildman–Crippen LogP) is 4.58. The molecule has 1 fully saturated rings. The summed E-state index contributed by atoms with van der Waals surface area (Å²) >= 11 is 0. The van der Waals surface area contributed by atoms with Crippen molar-refractivity contribution in [1.82, 2.24) is 0 Å². The lowest BCUT2D eigenvalue weighted by atomic mass is 9.59. The monoisotopic (exact) mass is 289 g/mol. The molecule has 2 N–H and O–H groups in total. The largest absolute Gasteiger partial charge is 0.489 e. The van der Waals surface area contributed by atoms with Crippen LogP contribution in [0.1, 0.15) is 65.0 Å². The molecule has 1 aliphatic rings. The van der Waals surface area contributed by atoms with Gasteiger partial charge in [-0.2, -0.15) is 0 Å². The lowest BCUT2D eigenvalue weighted by molar-refractivity contribution is -0.0729. The number of aryl methyl sites for hydroxylation is 1. The molecule has 0 heterocycles. The van der Waals surface area contributed by atoms with Gasteiger partial charge < -0.3 is 10.5 Å². The Morgan fingerprint density at radius 3 is 2.33 bits per heavy atom. The average molecular weight is 289 g/mol. The SMILES string of the molecule is CCC1(CC)C(N)CC1Oc1cc(C)ccc1C(C)(C)C. The first-order valence-electron chi connectivity index (χ1n) is 8.28. The molecule has 118 valence electrons. The summed E-state index contributed by atoms with van der Waals surface area (Å²) in [5.74, 6) is 1.05. The van der Waals surface area contributed by atoms with Crippen LogP contribution in [0.15, 0.2) is 18.2 Å². The Hall–Kier alpha value is -1.02. The van der Waals surface area contributed by atoms with Crippen molar-refractivity contribution >= 4 is 0 Å². The van der Waals surface area contributed by atoms with E-state index in [4.69, 9.17) is 10.5 Å². The van der Waals surface area contributed by atoms with Crippen molar-refractivity contribution in [3.63, 3.8) is 0 Å². The molecule has 0 aromatic heterocycles. The van der Waals surface area contributed by atoms with Gasteiger partial charge in [0.15, 0.2) is 0 Å². The van der Waals surface area contributed by atoms with Gasteiger partial charge in [0.1, 0.15) is 11.9 Å². The third kappa shape index (κ3) is 2.83. The smallest absolute Gasteiger partial charge is 0.123 e. The number of hydrogen-bond donors (Lipinski definition) is 1. The van der Waals surface area contributed by atoms with E-state index in [1.807, 2.05) is 0 Å². The number of hydrogen-bond acceptors (Lipinski definition) is 2. The first-order chi connectivity index (χ1) is 9.74. The second-order valence-corrected chi connectivity index (χ2v) is 7.64. The van der Waals surface area contributed by atoms with E-state index in [-0.39, 0.29) is 23.0 Å². The van der Waals surface area contributed by atoms with E-state index in [2.05, 4.69) is 59.7 Å². The second-order valence-electron chi connectivity index (χ2n) is 7.64. The molecule has 0 amide bonds. The summed E-state index contributed by atoms with van der Waals surface area (Å²) in [5, 5.41) is 0. The van der Waals surface area contributed by atoms with Crippen LogP contribution in [0.4, 0.5) is 0 Å². The lowest BCUT2D eigenvalue weighted by Crippen LogP contribution is -2.63. The molecule has 1 aromatic carbocycles. The van der Waals surface area contributed by atoms with Gasteiger partial charge in [0.2, 0.25) is 0 Å². The zero-order valence-electron chi connectivity index (χ0n) is 14.5. The zero-order valence-corrected chi connectivity index (χ0v) is 14.5. The molecular formula is C19H31NO. The standard InChI is InChI=1S/C19H31NO/c1-7-19(8-2)16(20)12-17(19)21-15-11-13(3)9-10-14(15)18(4,5)6/h9-11,16-17H,7-8,12,20H2,1-6H3. The fourth-order valence-electron chi connectivity index (χ4n) is 3.67. The van der Waals surface area contributed by atoms with Crippen molar-refractivity contribution in [2.45, 2.75) is 78.4 Å². The first-order valence-corrected chi connectivity index (χ1v) is 8.28. The predicted molar refractivity (Wildman–Crippen MR) is 89.9 cm³/mol. The van der Waals surface area contributed by atoms with E-state index in [1.165, 1.54) is 11.1 Å². The Labute approximate surface area is 130 Å². The van der Waals surface area contributed by atoms with Crippen LogP contribution in [0.25, 0.3) is 0 Å². The van der Waals surface area contributed by atoms with E-state index in [1.54, 1.807) is 0 Å². The van der Waals surface area contributed by atoms with Crippen molar-refractivity contribution < 1.29 is 4.74 Å². The molecular weight excluding hydrogens is 258 g/mol. The highest BCUT2D eigenvalue weighted by Gasteiger charge is 2.52. The third-order valence-electron chi connectivity index (χ3n) is 5.38. The van der Waals surface area contributed by atoms with Gasteiger partial charge in [-0.05, 0) is 42.4 Å². The van der Waals surface area contributed by atoms with Crippen molar-refractivity contribution in [1.29, 1.82) is 0 Å². The van der Waals surface area contributed by atoms with Crippen molar-refractivity contribution in [3.05, 3.63) is 29.3 Å². The Kier molecular flexibility index (Phi) is 4.39. The van der Waals surface area contributed by atoms with Crippen molar-refractivity contribution in [2.24, 2.45) is 11.1 Å². The summed E-state index contributed by atoms with van der Waals surface area (Å²) in [6.45, 7) is 13.3. The molecule has 1 aliphatic carbocycles. The molecule has 1 aromatic rings. The maximum Gasteiger partial charge on any atom is 0.123 e. The van der Waals surface area contributed by atoms with Gasteiger partial charge in [0, 0.05) is 17.9 Å². The summed E-state index contributed by atoms with van der Waals surface area (Å²) < 4.78 is 6.48. The van der Waals surface area contributed by atoms with Crippen LogP contribution < -0.4 is 10.5 Å². The quantitative estimate of drug-likeness (QED) is 0.880. The molecule has 2 unspecified atom stereocenters. The molecule has 0 aliphatic heterocycles. The van der Waals surface area contributed by atoms with Crippen LogP contribution in [0.5, 0.6) is 5.75 Å². The van der Waals surface area contributed by atoms with Crippen LogP contribution in [0.2, 0.25) is 0 Å². The minimum atomic E-state index is 0.0932. The fourth-order valence-corrected chi connectivity index (χ4v) is 3.67. The van der Waals surface area contributed by atoms with Gasteiger partial charge in [-0.3, -0.25) is 0 Å². The number of benzene rings is 1. The van der Waals surface area contributed by atoms with Gasteiger partial charge in [0.05, 0.1) is 0 Å².